The Bertz CT molecular complexity index is 719. The van der Waals surface area contributed by atoms with Crippen LogP contribution in [0.25, 0.3) is 0 Å². The van der Waals surface area contributed by atoms with Gasteiger partial charge in [-0.3, -0.25) is 25.2 Å². The van der Waals surface area contributed by atoms with E-state index in [2.05, 4.69) is 10.9 Å². The summed E-state index contributed by atoms with van der Waals surface area (Å²) >= 11 is 0. The highest BCUT2D eigenvalue weighted by Crippen LogP contribution is 2.05. The standard InChI is InChI=1S/C18H18N2O3/c1-3-13-6-10-15(11-7-13)17(22)19-20-18(23)16(21)14-8-4-12(2)5-9-14/h4-11H,3H2,1-2H3,(H,19,22)(H,20,23). The number of carbonyl (C=O) groups excluding carboxylic acids is 3. The molecular formula is C18H18N2O3. The van der Waals surface area contributed by atoms with Crippen LogP contribution in [0.3, 0.4) is 0 Å². The summed E-state index contributed by atoms with van der Waals surface area (Å²) in [5.74, 6) is -2.06. The lowest BCUT2D eigenvalue weighted by atomic mass is 10.1. The van der Waals surface area contributed by atoms with Crippen LogP contribution in [0.2, 0.25) is 0 Å². The number of hydrogen-bond donors (Lipinski definition) is 2. The minimum atomic E-state index is -0.882. The summed E-state index contributed by atoms with van der Waals surface area (Å²) in [5, 5.41) is 0. The fourth-order valence-electron chi connectivity index (χ4n) is 1.97. The van der Waals surface area contributed by atoms with Crippen molar-refractivity contribution in [2.45, 2.75) is 20.3 Å². The van der Waals surface area contributed by atoms with E-state index in [1.165, 1.54) is 0 Å². The first kappa shape index (κ1) is 16.4. The maximum atomic E-state index is 11.9. The average Bonchev–Trinajstić information content (AvgIpc) is 2.59. The summed E-state index contributed by atoms with van der Waals surface area (Å²) < 4.78 is 0. The molecule has 0 radical (unpaired) electrons. The number of nitrogens with one attached hydrogen (secondary N) is 2. The largest absolute Gasteiger partial charge is 0.310 e. The molecule has 0 atom stereocenters. The minimum absolute atomic E-state index is 0.273. The van der Waals surface area contributed by atoms with E-state index in [4.69, 9.17) is 0 Å². The zero-order chi connectivity index (χ0) is 16.8. The van der Waals surface area contributed by atoms with Crippen molar-refractivity contribution in [2.24, 2.45) is 0 Å². The molecule has 23 heavy (non-hydrogen) atoms. The molecular weight excluding hydrogens is 292 g/mol. The molecule has 0 heterocycles. The molecule has 0 aliphatic heterocycles. The van der Waals surface area contributed by atoms with Crippen LogP contribution in [0.1, 0.15) is 38.8 Å². The Labute approximate surface area is 134 Å². The molecule has 2 rings (SSSR count). The first-order valence-electron chi connectivity index (χ1n) is 7.32. The van der Waals surface area contributed by atoms with Gasteiger partial charge in [0.15, 0.2) is 0 Å². The molecule has 0 bridgehead atoms. The van der Waals surface area contributed by atoms with Gasteiger partial charge in [-0.05, 0) is 31.0 Å². The summed E-state index contributed by atoms with van der Waals surface area (Å²) in [7, 11) is 0. The third-order valence-electron chi connectivity index (χ3n) is 3.43. The Morgan fingerprint density at radius 3 is 1.96 bits per heavy atom. The number of amides is 2. The molecule has 2 aromatic rings. The molecule has 5 nitrogen and oxygen atoms in total. The number of hydrogen-bond acceptors (Lipinski definition) is 3. The van der Waals surface area contributed by atoms with Crippen molar-refractivity contribution >= 4 is 17.6 Å². The van der Waals surface area contributed by atoms with Gasteiger partial charge in [0.2, 0.25) is 0 Å². The molecule has 0 saturated carbocycles. The zero-order valence-corrected chi connectivity index (χ0v) is 13.1. The lowest BCUT2D eigenvalue weighted by molar-refractivity contribution is -0.117. The molecule has 0 aromatic heterocycles. The number of Topliss-reactive ketones (excluding diaryl/α,β-unsaturated/α-hetero) is 1. The van der Waals surface area contributed by atoms with Gasteiger partial charge in [0.05, 0.1) is 0 Å². The Kier molecular flexibility index (Phi) is 5.25. The van der Waals surface area contributed by atoms with E-state index in [1.807, 2.05) is 26.0 Å². The van der Waals surface area contributed by atoms with Crippen molar-refractivity contribution in [3.63, 3.8) is 0 Å². The zero-order valence-electron chi connectivity index (χ0n) is 13.1. The third-order valence-corrected chi connectivity index (χ3v) is 3.43. The lowest BCUT2D eigenvalue weighted by Crippen LogP contribution is -2.44. The molecule has 0 aliphatic carbocycles. The van der Waals surface area contributed by atoms with Gasteiger partial charge in [0.25, 0.3) is 11.7 Å². The van der Waals surface area contributed by atoms with Gasteiger partial charge in [0, 0.05) is 11.1 Å². The number of rotatable bonds is 4. The van der Waals surface area contributed by atoms with Gasteiger partial charge in [-0.25, -0.2) is 0 Å². The first-order valence-corrected chi connectivity index (χ1v) is 7.32. The Morgan fingerprint density at radius 1 is 0.826 bits per heavy atom. The molecule has 118 valence electrons. The molecule has 0 aliphatic rings. The van der Waals surface area contributed by atoms with Gasteiger partial charge in [0.1, 0.15) is 0 Å². The highest BCUT2D eigenvalue weighted by atomic mass is 16.2. The van der Waals surface area contributed by atoms with Crippen molar-refractivity contribution in [2.75, 3.05) is 0 Å². The summed E-state index contributed by atoms with van der Waals surface area (Å²) in [6, 6.07) is 13.7. The van der Waals surface area contributed by atoms with E-state index in [-0.39, 0.29) is 5.56 Å². The van der Waals surface area contributed by atoms with Gasteiger partial charge in [-0.1, -0.05) is 48.9 Å². The second-order valence-electron chi connectivity index (χ2n) is 5.15. The number of carbonyl (C=O) groups is 3. The van der Waals surface area contributed by atoms with Crippen molar-refractivity contribution in [1.29, 1.82) is 0 Å². The summed E-state index contributed by atoms with van der Waals surface area (Å²) in [5.41, 5.74) is 7.16. The van der Waals surface area contributed by atoms with Crippen LogP contribution in [0.4, 0.5) is 0 Å². The SMILES string of the molecule is CCc1ccc(C(=O)NNC(=O)C(=O)c2ccc(C)cc2)cc1. The predicted octanol–water partition coefficient (Wildman–Crippen LogP) is 2.20. The lowest BCUT2D eigenvalue weighted by Gasteiger charge is -2.07. The van der Waals surface area contributed by atoms with Crippen molar-refractivity contribution < 1.29 is 14.4 Å². The van der Waals surface area contributed by atoms with Crippen LogP contribution in [0.15, 0.2) is 48.5 Å². The van der Waals surface area contributed by atoms with Crippen LogP contribution in [0.5, 0.6) is 0 Å². The van der Waals surface area contributed by atoms with E-state index in [1.54, 1.807) is 36.4 Å². The number of aryl methyl sites for hydroxylation is 2. The molecule has 0 spiro atoms. The predicted molar refractivity (Wildman–Crippen MR) is 86.9 cm³/mol. The fourth-order valence-corrected chi connectivity index (χ4v) is 1.97. The van der Waals surface area contributed by atoms with Crippen LogP contribution in [-0.4, -0.2) is 17.6 Å². The average molecular weight is 310 g/mol. The molecule has 5 heteroatoms. The van der Waals surface area contributed by atoms with Crippen LogP contribution in [-0.2, 0) is 11.2 Å². The van der Waals surface area contributed by atoms with Gasteiger partial charge in [-0.15, -0.1) is 0 Å². The third kappa shape index (κ3) is 4.26. The quantitative estimate of drug-likeness (QED) is 0.516. The van der Waals surface area contributed by atoms with Crippen LogP contribution >= 0.6 is 0 Å². The highest BCUT2D eigenvalue weighted by molar-refractivity contribution is 6.42. The van der Waals surface area contributed by atoms with Gasteiger partial charge in [-0.2, -0.15) is 0 Å². The molecule has 2 aromatic carbocycles. The van der Waals surface area contributed by atoms with E-state index < -0.39 is 17.6 Å². The summed E-state index contributed by atoms with van der Waals surface area (Å²) in [6.07, 6.45) is 0.879. The highest BCUT2D eigenvalue weighted by Gasteiger charge is 2.16. The normalized spacial score (nSPS) is 10.0. The number of ketones is 1. The number of benzene rings is 2. The smallest absolute Gasteiger partial charge is 0.283 e. The second-order valence-corrected chi connectivity index (χ2v) is 5.15. The van der Waals surface area contributed by atoms with Crippen LogP contribution < -0.4 is 10.9 Å². The monoisotopic (exact) mass is 310 g/mol. The molecule has 2 N–H and O–H groups in total. The Hall–Kier alpha value is -2.95. The summed E-state index contributed by atoms with van der Waals surface area (Å²) in [6.45, 7) is 3.91. The van der Waals surface area contributed by atoms with E-state index in [0.29, 0.717) is 5.56 Å². The second kappa shape index (κ2) is 7.35. The Morgan fingerprint density at radius 2 is 1.39 bits per heavy atom. The maximum absolute atomic E-state index is 11.9. The van der Waals surface area contributed by atoms with Gasteiger partial charge >= 0.3 is 5.91 Å². The fraction of sp³-hybridized carbons (Fsp3) is 0.167. The molecule has 0 saturated heterocycles. The molecule has 2 amide bonds. The van der Waals surface area contributed by atoms with Gasteiger partial charge < -0.3 is 0 Å². The van der Waals surface area contributed by atoms with E-state index >= 15 is 0 Å². The first-order chi connectivity index (χ1) is 11.0. The van der Waals surface area contributed by atoms with Crippen molar-refractivity contribution in [3.05, 3.63) is 70.8 Å². The minimum Gasteiger partial charge on any atom is -0.283 e. The van der Waals surface area contributed by atoms with Crippen LogP contribution in [0, 0.1) is 6.92 Å². The molecule has 0 fully saturated rings. The van der Waals surface area contributed by atoms with E-state index in [0.717, 1.165) is 17.5 Å². The summed E-state index contributed by atoms with van der Waals surface area (Å²) in [4.78, 5) is 35.6. The Balaban J connectivity index is 1.93. The number of hydrazine groups is 1. The molecule has 0 unspecified atom stereocenters. The maximum Gasteiger partial charge on any atom is 0.310 e. The topological polar surface area (TPSA) is 75.3 Å². The van der Waals surface area contributed by atoms with Crippen molar-refractivity contribution in [3.8, 4) is 0 Å². The van der Waals surface area contributed by atoms with E-state index in [9.17, 15) is 14.4 Å². The van der Waals surface area contributed by atoms with Crippen molar-refractivity contribution in [1.82, 2.24) is 10.9 Å².